The van der Waals surface area contributed by atoms with Gasteiger partial charge in [-0.3, -0.25) is 4.79 Å². The third-order valence-corrected chi connectivity index (χ3v) is 5.50. The summed E-state index contributed by atoms with van der Waals surface area (Å²) in [5.74, 6) is -1.95. The number of unbranched alkanes of at least 4 members (excludes halogenated alkanes) is 3. The van der Waals surface area contributed by atoms with Crippen LogP contribution in [0.5, 0.6) is 5.75 Å². The zero-order valence-electron chi connectivity index (χ0n) is 16.2. The molecule has 0 atom stereocenters. The molecule has 26 heavy (non-hydrogen) atoms. The summed E-state index contributed by atoms with van der Waals surface area (Å²) in [4.78, 5) is 12.7. The van der Waals surface area contributed by atoms with Crippen LogP contribution in [0.15, 0.2) is 12.1 Å². The first-order valence-electron chi connectivity index (χ1n) is 10.2. The van der Waals surface area contributed by atoms with E-state index in [1.54, 1.807) is 0 Å². The highest BCUT2D eigenvalue weighted by molar-refractivity contribution is 5.98. The maximum atomic E-state index is 14.4. The van der Waals surface area contributed by atoms with Gasteiger partial charge in [0.1, 0.15) is 0 Å². The Balaban J connectivity index is 1.96. The van der Waals surface area contributed by atoms with Gasteiger partial charge in [-0.25, -0.2) is 4.39 Å². The molecule has 2 nitrogen and oxygen atoms in total. The molecule has 0 aliphatic heterocycles. The fourth-order valence-corrected chi connectivity index (χ4v) is 3.79. The second-order valence-corrected chi connectivity index (χ2v) is 7.52. The van der Waals surface area contributed by atoms with E-state index in [2.05, 4.69) is 13.8 Å². The third-order valence-electron chi connectivity index (χ3n) is 5.50. The minimum absolute atomic E-state index is 0.0987. The van der Waals surface area contributed by atoms with Gasteiger partial charge >= 0.3 is 0 Å². The monoisotopic (exact) mass is 366 g/mol. The molecule has 1 fully saturated rings. The largest absolute Gasteiger partial charge is 0.490 e. The first-order chi connectivity index (χ1) is 12.6. The summed E-state index contributed by atoms with van der Waals surface area (Å²) in [7, 11) is 0. The molecule has 0 spiro atoms. The number of rotatable bonds is 10. The summed E-state index contributed by atoms with van der Waals surface area (Å²) in [5, 5.41) is 0. The van der Waals surface area contributed by atoms with Crippen LogP contribution in [0.1, 0.15) is 88.4 Å². The molecule has 1 aliphatic carbocycles. The van der Waals surface area contributed by atoms with Crippen LogP contribution < -0.4 is 4.74 Å². The minimum Gasteiger partial charge on any atom is -0.490 e. The molecule has 0 heterocycles. The molecule has 0 bridgehead atoms. The number of carbonyl (C=O) groups is 1. The van der Waals surface area contributed by atoms with Gasteiger partial charge in [0, 0.05) is 5.92 Å². The molecule has 0 unspecified atom stereocenters. The van der Waals surface area contributed by atoms with Gasteiger partial charge in [-0.2, -0.15) is 4.39 Å². The maximum absolute atomic E-state index is 14.4. The molecule has 1 aromatic carbocycles. The van der Waals surface area contributed by atoms with E-state index in [4.69, 9.17) is 4.74 Å². The van der Waals surface area contributed by atoms with E-state index in [0.29, 0.717) is 12.5 Å². The minimum atomic E-state index is -1.06. The summed E-state index contributed by atoms with van der Waals surface area (Å²) in [5.41, 5.74) is -0.125. The Morgan fingerprint density at radius 2 is 1.69 bits per heavy atom. The van der Waals surface area contributed by atoms with E-state index in [1.807, 2.05) is 0 Å². The quantitative estimate of drug-likeness (QED) is 0.340. The number of halogens is 2. The second kappa shape index (κ2) is 10.6. The molecule has 1 aliphatic rings. The molecule has 0 saturated heterocycles. The molecular weight excluding hydrogens is 334 g/mol. The Labute approximate surface area is 156 Å². The number of Topliss-reactive ketones (excluding diaryl/α,β-unsaturated/α-hetero) is 1. The first kappa shape index (κ1) is 20.9. The van der Waals surface area contributed by atoms with Crippen molar-refractivity contribution in [1.29, 1.82) is 0 Å². The van der Waals surface area contributed by atoms with Crippen LogP contribution in [0.4, 0.5) is 8.78 Å². The lowest BCUT2D eigenvalue weighted by atomic mass is 9.77. The molecule has 2 rings (SSSR count). The van der Waals surface area contributed by atoms with Crippen molar-refractivity contribution < 1.29 is 18.3 Å². The molecule has 0 aromatic heterocycles. The summed E-state index contributed by atoms with van der Waals surface area (Å²) in [6, 6.07) is 2.78. The lowest BCUT2D eigenvalue weighted by Crippen LogP contribution is -2.23. The van der Waals surface area contributed by atoms with Gasteiger partial charge in [0.25, 0.3) is 0 Å². The Kier molecular flexibility index (Phi) is 8.53. The number of ketones is 1. The Bertz CT molecular complexity index is 578. The standard InChI is InChI=1S/C22H32F2O2/c1-3-5-7-15-26-19-14-13-18(20(23)21(19)24)22(25)17-11-9-16(10-12-17)8-6-4-2/h13-14,16-17H,3-12,15H2,1-2H3. The van der Waals surface area contributed by atoms with Gasteiger partial charge in [0.05, 0.1) is 12.2 Å². The van der Waals surface area contributed by atoms with E-state index in [-0.39, 0.29) is 23.0 Å². The fraction of sp³-hybridized carbons (Fsp3) is 0.682. The van der Waals surface area contributed by atoms with Crippen LogP contribution in [-0.4, -0.2) is 12.4 Å². The molecule has 146 valence electrons. The fourth-order valence-electron chi connectivity index (χ4n) is 3.79. The maximum Gasteiger partial charge on any atom is 0.201 e. The predicted molar refractivity (Wildman–Crippen MR) is 101 cm³/mol. The van der Waals surface area contributed by atoms with Crippen LogP contribution in [0.25, 0.3) is 0 Å². The lowest BCUT2D eigenvalue weighted by molar-refractivity contribution is 0.0864. The number of benzene rings is 1. The van der Waals surface area contributed by atoms with Gasteiger partial charge in [0.2, 0.25) is 5.82 Å². The molecule has 0 amide bonds. The summed E-state index contributed by atoms with van der Waals surface area (Å²) < 4.78 is 34.0. The summed E-state index contributed by atoms with van der Waals surface area (Å²) >= 11 is 0. The zero-order valence-corrected chi connectivity index (χ0v) is 16.2. The zero-order chi connectivity index (χ0) is 18.9. The Hall–Kier alpha value is -1.45. The number of ether oxygens (including phenoxy) is 1. The van der Waals surface area contributed by atoms with Gasteiger partial charge in [-0.05, 0) is 50.2 Å². The summed E-state index contributed by atoms with van der Waals surface area (Å²) in [6.45, 7) is 4.61. The Morgan fingerprint density at radius 1 is 1.00 bits per heavy atom. The van der Waals surface area contributed by atoms with E-state index in [0.717, 1.165) is 44.9 Å². The van der Waals surface area contributed by atoms with E-state index in [1.165, 1.54) is 31.4 Å². The SMILES string of the molecule is CCCCCOc1ccc(C(=O)C2CCC(CCCC)CC2)c(F)c1F. The van der Waals surface area contributed by atoms with Crippen LogP contribution in [0.3, 0.4) is 0 Å². The number of carbonyl (C=O) groups excluding carboxylic acids is 1. The number of hydrogen-bond acceptors (Lipinski definition) is 2. The van der Waals surface area contributed by atoms with Gasteiger partial charge < -0.3 is 4.74 Å². The van der Waals surface area contributed by atoms with E-state index >= 15 is 0 Å². The topological polar surface area (TPSA) is 26.3 Å². The van der Waals surface area contributed by atoms with Crippen molar-refractivity contribution in [2.75, 3.05) is 6.61 Å². The predicted octanol–water partition coefficient (Wildman–Crippen LogP) is 6.71. The first-order valence-corrected chi connectivity index (χ1v) is 10.2. The molecule has 1 aromatic rings. The second-order valence-electron chi connectivity index (χ2n) is 7.52. The van der Waals surface area contributed by atoms with Gasteiger partial charge in [-0.1, -0.05) is 46.0 Å². The van der Waals surface area contributed by atoms with Crippen molar-refractivity contribution in [2.45, 2.75) is 78.1 Å². The highest BCUT2D eigenvalue weighted by Gasteiger charge is 2.29. The van der Waals surface area contributed by atoms with Crippen molar-refractivity contribution >= 4 is 5.78 Å². The third kappa shape index (κ3) is 5.52. The molecule has 0 N–H and O–H groups in total. The molecule has 1 saturated carbocycles. The average molecular weight is 366 g/mol. The smallest absolute Gasteiger partial charge is 0.201 e. The van der Waals surface area contributed by atoms with Crippen LogP contribution >= 0.6 is 0 Å². The van der Waals surface area contributed by atoms with E-state index < -0.39 is 11.6 Å². The van der Waals surface area contributed by atoms with Gasteiger partial charge in [-0.15, -0.1) is 0 Å². The van der Waals surface area contributed by atoms with Crippen molar-refractivity contribution in [2.24, 2.45) is 11.8 Å². The molecular formula is C22H32F2O2. The summed E-state index contributed by atoms with van der Waals surface area (Å²) in [6.07, 6.45) is 10.0. The molecule has 4 heteroatoms. The van der Waals surface area contributed by atoms with Crippen molar-refractivity contribution in [1.82, 2.24) is 0 Å². The average Bonchev–Trinajstić information content (AvgIpc) is 2.66. The van der Waals surface area contributed by atoms with Crippen LogP contribution in [0.2, 0.25) is 0 Å². The molecule has 0 radical (unpaired) electrons. The Morgan fingerprint density at radius 3 is 2.35 bits per heavy atom. The van der Waals surface area contributed by atoms with Crippen molar-refractivity contribution in [3.05, 3.63) is 29.3 Å². The highest BCUT2D eigenvalue weighted by atomic mass is 19.2. The van der Waals surface area contributed by atoms with Gasteiger partial charge in [0.15, 0.2) is 17.3 Å². The van der Waals surface area contributed by atoms with Crippen molar-refractivity contribution in [3.63, 3.8) is 0 Å². The lowest BCUT2D eigenvalue weighted by Gasteiger charge is -2.27. The number of hydrogen-bond donors (Lipinski definition) is 0. The highest BCUT2D eigenvalue weighted by Crippen LogP contribution is 2.35. The van der Waals surface area contributed by atoms with Crippen LogP contribution in [0, 0.1) is 23.5 Å². The van der Waals surface area contributed by atoms with Crippen LogP contribution in [-0.2, 0) is 0 Å². The normalized spacial score (nSPS) is 20.2. The van der Waals surface area contributed by atoms with E-state index in [9.17, 15) is 13.6 Å². The van der Waals surface area contributed by atoms with Crippen molar-refractivity contribution in [3.8, 4) is 5.75 Å².